The van der Waals surface area contributed by atoms with Crippen LogP contribution in [0, 0.1) is 0 Å². The Bertz CT molecular complexity index is 281. The highest BCUT2D eigenvalue weighted by Gasteiger charge is 1.93. The van der Waals surface area contributed by atoms with E-state index in [1.165, 1.54) is 4.90 Å². The molecular formula is C11H14OS. The summed E-state index contributed by atoms with van der Waals surface area (Å²) in [5, 5.41) is 8.91. The van der Waals surface area contributed by atoms with E-state index in [9.17, 15) is 0 Å². The zero-order chi connectivity index (χ0) is 9.52. The summed E-state index contributed by atoms with van der Waals surface area (Å²) in [4.78, 5) is 1.21. The highest BCUT2D eigenvalue weighted by molar-refractivity contribution is 7.99. The fourth-order valence-electron chi connectivity index (χ4n) is 0.974. The summed E-state index contributed by atoms with van der Waals surface area (Å²) in [7, 11) is 0. The Labute approximate surface area is 83.5 Å². The maximum absolute atomic E-state index is 8.91. The third kappa shape index (κ3) is 3.66. The van der Waals surface area contributed by atoms with Crippen molar-refractivity contribution in [1.82, 2.24) is 0 Å². The smallest absolute Gasteiger partial charge is 0.0682 e. The topological polar surface area (TPSA) is 20.2 Å². The Hall–Kier alpha value is -0.730. The standard InChI is InChI=1S/C11H14OS/c1-2-3-7-13-11-6-4-5-10(8-11)9-12/h2-6,8,12H,7,9H2,1H3. The van der Waals surface area contributed by atoms with Crippen LogP contribution < -0.4 is 0 Å². The van der Waals surface area contributed by atoms with E-state index in [0.29, 0.717) is 0 Å². The van der Waals surface area contributed by atoms with Gasteiger partial charge in [0.1, 0.15) is 0 Å². The van der Waals surface area contributed by atoms with Crippen LogP contribution in [0.4, 0.5) is 0 Å². The van der Waals surface area contributed by atoms with Gasteiger partial charge in [-0.2, -0.15) is 0 Å². The van der Waals surface area contributed by atoms with E-state index in [2.05, 4.69) is 12.1 Å². The van der Waals surface area contributed by atoms with Crippen molar-refractivity contribution in [2.24, 2.45) is 0 Å². The number of rotatable bonds is 4. The number of allylic oxidation sites excluding steroid dienone is 1. The SMILES string of the molecule is CC=CCSc1cccc(CO)c1. The van der Waals surface area contributed by atoms with Gasteiger partial charge in [0.15, 0.2) is 0 Å². The lowest BCUT2D eigenvalue weighted by atomic mass is 10.2. The molecule has 0 aliphatic heterocycles. The molecule has 0 aromatic heterocycles. The van der Waals surface area contributed by atoms with E-state index >= 15 is 0 Å². The minimum atomic E-state index is 0.123. The molecule has 0 saturated heterocycles. The molecule has 0 spiro atoms. The molecule has 13 heavy (non-hydrogen) atoms. The molecule has 0 atom stereocenters. The van der Waals surface area contributed by atoms with Crippen molar-refractivity contribution in [3.63, 3.8) is 0 Å². The molecule has 1 aromatic rings. The van der Waals surface area contributed by atoms with Gasteiger partial charge in [-0.1, -0.05) is 24.3 Å². The quantitative estimate of drug-likeness (QED) is 0.587. The molecule has 70 valence electrons. The van der Waals surface area contributed by atoms with E-state index in [1.54, 1.807) is 11.8 Å². The van der Waals surface area contributed by atoms with E-state index in [-0.39, 0.29) is 6.61 Å². The van der Waals surface area contributed by atoms with Crippen LogP contribution in [0.25, 0.3) is 0 Å². The van der Waals surface area contributed by atoms with Crippen LogP contribution in [0.2, 0.25) is 0 Å². The molecule has 0 aliphatic carbocycles. The van der Waals surface area contributed by atoms with Gasteiger partial charge in [-0.05, 0) is 24.6 Å². The molecule has 0 amide bonds. The third-order valence-corrected chi connectivity index (χ3v) is 2.61. The molecule has 0 heterocycles. The Kier molecular flexibility index (Phi) is 4.65. The van der Waals surface area contributed by atoms with Gasteiger partial charge in [0.2, 0.25) is 0 Å². The fraction of sp³-hybridized carbons (Fsp3) is 0.273. The van der Waals surface area contributed by atoms with Gasteiger partial charge >= 0.3 is 0 Å². The number of aliphatic hydroxyl groups excluding tert-OH is 1. The van der Waals surface area contributed by atoms with Gasteiger partial charge in [0.25, 0.3) is 0 Å². The molecule has 1 aromatic carbocycles. The average Bonchev–Trinajstić information content (AvgIpc) is 2.19. The van der Waals surface area contributed by atoms with Gasteiger partial charge < -0.3 is 5.11 Å². The Balaban J connectivity index is 2.56. The molecule has 0 bridgehead atoms. The molecular weight excluding hydrogens is 180 g/mol. The van der Waals surface area contributed by atoms with Crippen molar-refractivity contribution >= 4 is 11.8 Å². The van der Waals surface area contributed by atoms with Crippen LogP contribution in [-0.4, -0.2) is 10.9 Å². The molecule has 1 nitrogen and oxygen atoms in total. The zero-order valence-electron chi connectivity index (χ0n) is 7.73. The van der Waals surface area contributed by atoms with Crippen molar-refractivity contribution in [3.05, 3.63) is 42.0 Å². The summed E-state index contributed by atoms with van der Waals surface area (Å²) < 4.78 is 0. The second kappa shape index (κ2) is 5.84. The second-order valence-corrected chi connectivity index (χ2v) is 3.78. The fourth-order valence-corrected chi connectivity index (χ4v) is 1.86. The third-order valence-electron chi connectivity index (χ3n) is 1.66. The van der Waals surface area contributed by atoms with Crippen LogP contribution in [0.3, 0.4) is 0 Å². The summed E-state index contributed by atoms with van der Waals surface area (Å²) in [5.74, 6) is 0.991. The van der Waals surface area contributed by atoms with Crippen LogP contribution >= 0.6 is 11.8 Å². The largest absolute Gasteiger partial charge is 0.392 e. The first-order valence-electron chi connectivity index (χ1n) is 4.30. The van der Waals surface area contributed by atoms with Gasteiger partial charge in [-0.3, -0.25) is 0 Å². The number of aliphatic hydroxyl groups is 1. The Morgan fingerprint density at radius 2 is 2.31 bits per heavy atom. The van der Waals surface area contributed by atoms with Crippen LogP contribution in [0.15, 0.2) is 41.3 Å². The molecule has 1 rings (SSSR count). The molecule has 0 radical (unpaired) electrons. The first kappa shape index (κ1) is 10.4. The highest BCUT2D eigenvalue weighted by atomic mass is 32.2. The van der Waals surface area contributed by atoms with Crippen molar-refractivity contribution in [2.45, 2.75) is 18.4 Å². The zero-order valence-corrected chi connectivity index (χ0v) is 8.55. The maximum Gasteiger partial charge on any atom is 0.0682 e. The average molecular weight is 194 g/mol. The van der Waals surface area contributed by atoms with Crippen molar-refractivity contribution < 1.29 is 5.11 Å². The van der Waals surface area contributed by atoms with E-state index in [1.807, 2.05) is 31.2 Å². The monoisotopic (exact) mass is 194 g/mol. The van der Waals surface area contributed by atoms with Crippen LogP contribution in [0.1, 0.15) is 12.5 Å². The normalized spacial score (nSPS) is 10.9. The van der Waals surface area contributed by atoms with Gasteiger partial charge in [-0.25, -0.2) is 0 Å². The van der Waals surface area contributed by atoms with Crippen molar-refractivity contribution in [2.75, 3.05) is 5.75 Å². The number of thioether (sulfide) groups is 1. The minimum Gasteiger partial charge on any atom is -0.392 e. The number of hydrogen-bond donors (Lipinski definition) is 1. The summed E-state index contributed by atoms with van der Waals surface area (Å²) in [6, 6.07) is 7.99. The number of benzene rings is 1. The van der Waals surface area contributed by atoms with E-state index < -0.39 is 0 Å². The molecule has 0 saturated carbocycles. The molecule has 1 N–H and O–H groups in total. The summed E-state index contributed by atoms with van der Waals surface area (Å²) in [6.07, 6.45) is 4.17. The van der Waals surface area contributed by atoms with Crippen molar-refractivity contribution in [3.8, 4) is 0 Å². The van der Waals surface area contributed by atoms with Crippen LogP contribution in [0.5, 0.6) is 0 Å². The molecule has 0 unspecified atom stereocenters. The number of hydrogen-bond acceptors (Lipinski definition) is 2. The van der Waals surface area contributed by atoms with Crippen molar-refractivity contribution in [1.29, 1.82) is 0 Å². The summed E-state index contributed by atoms with van der Waals surface area (Å²) in [5.41, 5.74) is 0.977. The predicted octanol–water partition coefficient (Wildman–Crippen LogP) is 2.85. The molecule has 2 heteroatoms. The lowest BCUT2D eigenvalue weighted by Gasteiger charge is -2.00. The Morgan fingerprint density at radius 3 is 3.00 bits per heavy atom. The summed E-state index contributed by atoms with van der Waals surface area (Å²) in [6.45, 7) is 2.14. The lowest BCUT2D eigenvalue weighted by Crippen LogP contribution is -1.82. The van der Waals surface area contributed by atoms with Gasteiger partial charge in [0.05, 0.1) is 6.61 Å². The molecule has 0 fully saturated rings. The predicted molar refractivity (Wildman–Crippen MR) is 57.9 cm³/mol. The molecule has 0 aliphatic rings. The highest BCUT2D eigenvalue weighted by Crippen LogP contribution is 2.19. The maximum atomic E-state index is 8.91. The summed E-state index contributed by atoms with van der Waals surface area (Å²) >= 11 is 1.78. The van der Waals surface area contributed by atoms with Gasteiger partial charge in [0, 0.05) is 10.6 Å². The van der Waals surface area contributed by atoms with Crippen LogP contribution in [-0.2, 0) is 6.61 Å². The minimum absolute atomic E-state index is 0.123. The Morgan fingerprint density at radius 1 is 1.46 bits per heavy atom. The van der Waals surface area contributed by atoms with E-state index in [0.717, 1.165) is 11.3 Å². The first-order chi connectivity index (χ1) is 6.36. The van der Waals surface area contributed by atoms with Gasteiger partial charge in [-0.15, -0.1) is 11.8 Å². The van der Waals surface area contributed by atoms with E-state index in [4.69, 9.17) is 5.11 Å². The first-order valence-corrected chi connectivity index (χ1v) is 5.29. The second-order valence-electron chi connectivity index (χ2n) is 2.69. The lowest BCUT2D eigenvalue weighted by molar-refractivity contribution is 0.281.